The Bertz CT molecular complexity index is 1040. The maximum absolute atomic E-state index is 12.9. The Balaban J connectivity index is 2.00. The number of halogens is 1. The quantitative estimate of drug-likeness (QED) is 0.495. The summed E-state index contributed by atoms with van der Waals surface area (Å²) >= 11 is 6.09. The molecule has 0 saturated carbocycles. The fourth-order valence-corrected chi connectivity index (χ4v) is 4.13. The highest BCUT2D eigenvalue weighted by atomic mass is 35.5. The summed E-state index contributed by atoms with van der Waals surface area (Å²) in [6.07, 6.45) is 1.48. The van der Waals surface area contributed by atoms with Gasteiger partial charge in [0, 0.05) is 28.4 Å². The van der Waals surface area contributed by atoms with E-state index in [0.717, 1.165) is 34.6 Å². The van der Waals surface area contributed by atoms with Gasteiger partial charge in [-0.3, -0.25) is 4.79 Å². The van der Waals surface area contributed by atoms with Crippen molar-refractivity contribution in [2.75, 3.05) is 0 Å². The van der Waals surface area contributed by atoms with Gasteiger partial charge in [-0.15, -0.1) is 0 Å². The molecule has 0 bridgehead atoms. The molecule has 1 heterocycles. The Labute approximate surface area is 165 Å². The van der Waals surface area contributed by atoms with Crippen LogP contribution in [0.15, 0.2) is 48.5 Å². The second-order valence-electron chi connectivity index (χ2n) is 8.44. The SMILES string of the molecule is Cc1ccc(-n2c(-c3ccc(Cl)cc3)cc3c2CC(C)(C)CC3=O)cc1C. The Morgan fingerprint density at radius 2 is 1.63 bits per heavy atom. The van der Waals surface area contributed by atoms with E-state index >= 15 is 0 Å². The molecule has 0 aliphatic heterocycles. The summed E-state index contributed by atoms with van der Waals surface area (Å²) in [6.45, 7) is 8.60. The van der Waals surface area contributed by atoms with Gasteiger partial charge >= 0.3 is 0 Å². The third kappa shape index (κ3) is 3.23. The molecule has 138 valence electrons. The molecule has 0 atom stereocenters. The third-order valence-corrected chi connectivity index (χ3v) is 5.83. The second-order valence-corrected chi connectivity index (χ2v) is 8.88. The van der Waals surface area contributed by atoms with Crippen molar-refractivity contribution in [1.82, 2.24) is 4.57 Å². The number of hydrogen-bond donors (Lipinski definition) is 0. The molecule has 1 aromatic heterocycles. The number of aromatic nitrogens is 1. The van der Waals surface area contributed by atoms with E-state index in [1.54, 1.807) is 0 Å². The van der Waals surface area contributed by atoms with Gasteiger partial charge in [-0.1, -0.05) is 43.6 Å². The van der Waals surface area contributed by atoms with Crippen LogP contribution in [-0.4, -0.2) is 10.4 Å². The molecule has 27 heavy (non-hydrogen) atoms. The highest BCUT2D eigenvalue weighted by Crippen LogP contribution is 2.40. The number of ketones is 1. The van der Waals surface area contributed by atoms with Crippen molar-refractivity contribution in [3.8, 4) is 16.9 Å². The molecule has 0 radical (unpaired) electrons. The zero-order valence-electron chi connectivity index (χ0n) is 16.3. The van der Waals surface area contributed by atoms with Gasteiger partial charge in [0.1, 0.15) is 0 Å². The summed E-state index contributed by atoms with van der Waals surface area (Å²) in [6, 6.07) is 16.4. The van der Waals surface area contributed by atoms with Crippen LogP contribution in [-0.2, 0) is 6.42 Å². The molecular weight excluding hydrogens is 354 g/mol. The van der Waals surface area contributed by atoms with Gasteiger partial charge in [0.2, 0.25) is 0 Å². The lowest BCUT2D eigenvalue weighted by Gasteiger charge is -2.30. The first-order valence-corrected chi connectivity index (χ1v) is 9.74. The van der Waals surface area contributed by atoms with Gasteiger partial charge in [-0.25, -0.2) is 0 Å². The van der Waals surface area contributed by atoms with Crippen LogP contribution in [0.2, 0.25) is 5.02 Å². The molecule has 1 aliphatic carbocycles. The maximum Gasteiger partial charge on any atom is 0.165 e. The minimum Gasteiger partial charge on any atom is -0.313 e. The van der Waals surface area contributed by atoms with Crippen LogP contribution in [0.25, 0.3) is 16.9 Å². The van der Waals surface area contributed by atoms with E-state index in [1.165, 1.54) is 11.1 Å². The first-order valence-electron chi connectivity index (χ1n) is 9.36. The Morgan fingerprint density at radius 3 is 2.30 bits per heavy atom. The van der Waals surface area contributed by atoms with Gasteiger partial charge in [-0.05, 0) is 72.7 Å². The van der Waals surface area contributed by atoms with Crippen molar-refractivity contribution in [3.63, 3.8) is 0 Å². The topological polar surface area (TPSA) is 22.0 Å². The van der Waals surface area contributed by atoms with E-state index in [1.807, 2.05) is 24.3 Å². The number of carbonyl (C=O) groups excluding carboxylic acids is 1. The van der Waals surface area contributed by atoms with Crippen molar-refractivity contribution in [2.45, 2.75) is 40.5 Å². The van der Waals surface area contributed by atoms with Gasteiger partial charge in [0.05, 0.1) is 5.69 Å². The number of hydrogen-bond acceptors (Lipinski definition) is 1. The highest BCUT2D eigenvalue weighted by Gasteiger charge is 2.35. The van der Waals surface area contributed by atoms with Crippen LogP contribution in [0.4, 0.5) is 0 Å². The lowest BCUT2D eigenvalue weighted by molar-refractivity contribution is 0.0911. The molecule has 0 saturated heterocycles. The van der Waals surface area contributed by atoms with Crippen LogP contribution in [0.5, 0.6) is 0 Å². The number of nitrogens with zero attached hydrogens (tertiary/aromatic N) is 1. The summed E-state index contributed by atoms with van der Waals surface area (Å²) in [5, 5.41) is 0.713. The van der Waals surface area contributed by atoms with Crippen molar-refractivity contribution >= 4 is 17.4 Å². The number of fused-ring (bicyclic) bond motifs is 1. The van der Waals surface area contributed by atoms with Gasteiger partial charge in [-0.2, -0.15) is 0 Å². The molecule has 4 rings (SSSR count). The van der Waals surface area contributed by atoms with E-state index in [4.69, 9.17) is 11.6 Å². The normalized spacial score (nSPS) is 15.7. The fraction of sp³-hybridized carbons (Fsp3) is 0.292. The maximum atomic E-state index is 12.9. The Hall–Kier alpha value is -2.32. The van der Waals surface area contributed by atoms with E-state index in [0.29, 0.717) is 11.4 Å². The Morgan fingerprint density at radius 1 is 0.926 bits per heavy atom. The molecule has 1 aliphatic rings. The average Bonchev–Trinajstić information content (AvgIpc) is 2.96. The third-order valence-electron chi connectivity index (χ3n) is 5.58. The monoisotopic (exact) mass is 377 g/mol. The summed E-state index contributed by atoms with van der Waals surface area (Å²) in [4.78, 5) is 12.9. The van der Waals surface area contributed by atoms with E-state index < -0.39 is 0 Å². The average molecular weight is 378 g/mol. The molecule has 0 N–H and O–H groups in total. The first-order chi connectivity index (χ1) is 12.7. The zero-order chi connectivity index (χ0) is 19.3. The number of rotatable bonds is 2. The minimum absolute atomic E-state index is 0.0306. The minimum atomic E-state index is -0.0306. The number of benzene rings is 2. The molecule has 2 nitrogen and oxygen atoms in total. The zero-order valence-corrected chi connectivity index (χ0v) is 17.0. The first kappa shape index (κ1) is 18.1. The second kappa shape index (κ2) is 6.38. The lowest BCUT2D eigenvalue weighted by atomic mass is 9.76. The van der Waals surface area contributed by atoms with E-state index in [-0.39, 0.29) is 11.2 Å². The number of aryl methyl sites for hydroxylation is 2. The van der Waals surface area contributed by atoms with Crippen LogP contribution >= 0.6 is 11.6 Å². The van der Waals surface area contributed by atoms with Crippen molar-refractivity contribution in [1.29, 1.82) is 0 Å². The summed E-state index contributed by atoms with van der Waals surface area (Å²) in [5.41, 5.74) is 7.68. The predicted octanol–water partition coefficient (Wildman–Crippen LogP) is 6.57. The predicted molar refractivity (Wildman–Crippen MR) is 112 cm³/mol. The van der Waals surface area contributed by atoms with Crippen LogP contribution in [0.3, 0.4) is 0 Å². The summed E-state index contributed by atoms with van der Waals surface area (Å²) < 4.78 is 2.27. The molecule has 0 fully saturated rings. The van der Waals surface area contributed by atoms with E-state index in [9.17, 15) is 4.79 Å². The number of carbonyl (C=O) groups is 1. The van der Waals surface area contributed by atoms with Crippen LogP contribution in [0.1, 0.15) is 47.4 Å². The van der Waals surface area contributed by atoms with Gasteiger partial charge < -0.3 is 4.57 Å². The fourth-order valence-electron chi connectivity index (χ4n) is 4.00. The summed E-state index contributed by atoms with van der Waals surface area (Å²) in [5.74, 6) is 0.235. The van der Waals surface area contributed by atoms with Crippen LogP contribution < -0.4 is 0 Å². The Kier molecular flexibility index (Phi) is 4.27. The molecule has 3 aromatic rings. The van der Waals surface area contributed by atoms with Crippen molar-refractivity contribution in [3.05, 3.63) is 75.9 Å². The summed E-state index contributed by atoms with van der Waals surface area (Å²) in [7, 11) is 0. The molecule has 0 spiro atoms. The number of Topliss-reactive ketones (excluding diaryl/α,β-unsaturated/α-hetero) is 1. The van der Waals surface area contributed by atoms with Gasteiger partial charge in [0.15, 0.2) is 5.78 Å². The standard InChI is InChI=1S/C24H24ClNO/c1-15-5-10-19(11-16(15)2)26-21(17-6-8-18(25)9-7-17)12-20-22(26)13-24(3,4)14-23(20)27/h5-12H,13-14H2,1-4H3. The van der Waals surface area contributed by atoms with Crippen molar-refractivity contribution < 1.29 is 4.79 Å². The largest absolute Gasteiger partial charge is 0.313 e. The van der Waals surface area contributed by atoms with Gasteiger partial charge in [0.25, 0.3) is 0 Å². The van der Waals surface area contributed by atoms with Crippen LogP contribution in [0, 0.1) is 19.3 Å². The molecule has 0 unspecified atom stereocenters. The smallest absolute Gasteiger partial charge is 0.165 e. The molecule has 2 aromatic carbocycles. The lowest BCUT2D eigenvalue weighted by Crippen LogP contribution is -2.27. The highest BCUT2D eigenvalue weighted by molar-refractivity contribution is 6.30. The molecule has 0 amide bonds. The molecule has 3 heteroatoms. The van der Waals surface area contributed by atoms with E-state index in [2.05, 4.69) is 56.5 Å². The van der Waals surface area contributed by atoms with Crippen molar-refractivity contribution in [2.24, 2.45) is 5.41 Å². The molecular formula is C24H24ClNO.